The van der Waals surface area contributed by atoms with Crippen LogP contribution in [0.2, 0.25) is 0 Å². The Bertz CT molecular complexity index is 935. The molecule has 2 aromatic heterocycles. The second kappa shape index (κ2) is 9.29. The Morgan fingerprint density at radius 1 is 1.36 bits per heavy atom. The molecule has 1 aliphatic rings. The molecule has 0 radical (unpaired) electrons. The second-order valence-corrected chi connectivity index (χ2v) is 7.70. The van der Waals surface area contributed by atoms with E-state index < -0.39 is 16.5 Å². The maximum absolute atomic E-state index is 10.1. The number of hydrogen-bond donors (Lipinski definition) is 4. The molecule has 2 heterocycles. The van der Waals surface area contributed by atoms with E-state index in [4.69, 9.17) is 22.8 Å². The SMILES string of the molecule is CNc1cc2c(cn1)nc([C@@H](C)O)n2[C@H]1CC[C@H](CC#N)CC1.O=S(=O)(O)O. The van der Waals surface area contributed by atoms with E-state index in [1.807, 2.05) is 13.1 Å². The first kappa shape index (κ1) is 22.0. The first-order chi connectivity index (χ1) is 13.1. The highest BCUT2D eigenvalue weighted by Gasteiger charge is 2.27. The lowest BCUT2D eigenvalue weighted by molar-refractivity contribution is 0.175. The summed E-state index contributed by atoms with van der Waals surface area (Å²) >= 11 is 0. The number of nitrogens with one attached hydrogen (secondary N) is 1. The Balaban J connectivity index is 0.000000500. The van der Waals surface area contributed by atoms with E-state index in [1.165, 1.54) is 0 Å². The number of nitrogens with zero attached hydrogens (tertiary/aromatic N) is 4. The third-order valence-corrected chi connectivity index (χ3v) is 4.79. The molecule has 0 bridgehead atoms. The molecule has 3 rings (SSSR count). The van der Waals surface area contributed by atoms with Gasteiger partial charge in [-0.3, -0.25) is 9.11 Å². The summed E-state index contributed by atoms with van der Waals surface area (Å²) in [6, 6.07) is 4.61. The first-order valence-electron chi connectivity index (χ1n) is 8.94. The molecular weight excluding hydrogens is 386 g/mol. The van der Waals surface area contributed by atoms with Crippen molar-refractivity contribution in [1.82, 2.24) is 14.5 Å². The number of aliphatic hydroxyl groups excluding tert-OH is 1. The lowest BCUT2D eigenvalue weighted by Crippen LogP contribution is -2.20. The van der Waals surface area contributed by atoms with Gasteiger partial charge in [0.1, 0.15) is 23.3 Å². The smallest absolute Gasteiger partial charge is 0.385 e. The van der Waals surface area contributed by atoms with E-state index in [0.29, 0.717) is 24.2 Å². The zero-order valence-corrected chi connectivity index (χ0v) is 16.6. The summed E-state index contributed by atoms with van der Waals surface area (Å²) in [7, 11) is -2.82. The molecule has 1 saturated carbocycles. The monoisotopic (exact) mass is 411 g/mol. The number of nitriles is 1. The standard InChI is InChI=1S/C17H23N5O.H2O4S/c1-11(23)17-21-14-10-20-16(19-2)9-15(14)22(17)13-5-3-12(4-6-13)7-8-18;1-5(2,3)4/h9-13,23H,3-7H2,1-2H3,(H,19,20);(H2,1,2,3,4)/t11-,12-,13-;/m1./s1. The predicted octanol–water partition coefficient (Wildman–Crippen LogP) is 2.52. The summed E-state index contributed by atoms with van der Waals surface area (Å²) in [5, 5.41) is 22.1. The van der Waals surface area contributed by atoms with Crippen molar-refractivity contribution in [2.75, 3.05) is 12.4 Å². The fourth-order valence-electron chi connectivity index (χ4n) is 3.57. The topological polar surface area (TPSA) is 161 Å². The normalized spacial score (nSPS) is 20.7. The largest absolute Gasteiger partial charge is 0.394 e. The average molecular weight is 411 g/mol. The molecular formula is C17H25N5O5S. The fraction of sp³-hybridized carbons (Fsp3) is 0.588. The van der Waals surface area contributed by atoms with Crippen molar-refractivity contribution in [3.63, 3.8) is 0 Å². The molecule has 4 N–H and O–H groups in total. The first-order valence-corrected chi connectivity index (χ1v) is 10.3. The summed E-state index contributed by atoms with van der Waals surface area (Å²) in [5.41, 5.74) is 1.84. The highest BCUT2D eigenvalue weighted by atomic mass is 32.3. The Kier molecular flexibility index (Phi) is 7.31. The van der Waals surface area contributed by atoms with Gasteiger partial charge >= 0.3 is 10.4 Å². The molecule has 1 aliphatic carbocycles. The number of aromatic nitrogens is 3. The molecule has 0 spiro atoms. The van der Waals surface area contributed by atoms with Gasteiger partial charge in [-0.2, -0.15) is 13.7 Å². The van der Waals surface area contributed by atoms with Crippen molar-refractivity contribution in [1.29, 1.82) is 5.26 Å². The maximum atomic E-state index is 10.1. The maximum Gasteiger partial charge on any atom is 0.394 e. The van der Waals surface area contributed by atoms with E-state index >= 15 is 0 Å². The van der Waals surface area contributed by atoms with Crippen molar-refractivity contribution in [2.45, 2.75) is 51.2 Å². The molecule has 1 atom stereocenters. The predicted molar refractivity (Wildman–Crippen MR) is 103 cm³/mol. The van der Waals surface area contributed by atoms with Gasteiger partial charge in [0.05, 0.1) is 17.8 Å². The lowest BCUT2D eigenvalue weighted by Gasteiger charge is -2.30. The molecule has 1 fully saturated rings. The van der Waals surface area contributed by atoms with Gasteiger partial charge in [0.25, 0.3) is 0 Å². The van der Waals surface area contributed by atoms with Gasteiger partial charge in [-0.1, -0.05) is 0 Å². The molecule has 11 heteroatoms. The molecule has 154 valence electrons. The Morgan fingerprint density at radius 2 is 1.96 bits per heavy atom. The average Bonchev–Trinajstić information content (AvgIpc) is 3.00. The minimum Gasteiger partial charge on any atom is -0.385 e. The Morgan fingerprint density at radius 3 is 2.46 bits per heavy atom. The van der Waals surface area contributed by atoms with Gasteiger partial charge in [-0.15, -0.1) is 0 Å². The second-order valence-electron chi connectivity index (χ2n) is 6.81. The number of rotatable bonds is 4. The fourth-order valence-corrected chi connectivity index (χ4v) is 3.57. The van der Waals surface area contributed by atoms with E-state index in [0.717, 1.165) is 42.5 Å². The summed E-state index contributed by atoms with van der Waals surface area (Å²) in [4.78, 5) is 8.90. The molecule has 28 heavy (non-hydrogen) atoms. The van der Waals surface area contributed by atoms with Crippen LogP contribution >= 0.6 is 0 Å². The van der Waals surface area contributed by atoms with Crippen LogP contribution in [0.1, 0.15) is 57.0 Å². The van der Waals surface area contributed by atoms with Gasteiger partial charge in [-0.25, -0.2) is 9.97 Å². The number of fused-ring (bicyclic) bond motifs is 1. The molecule has 0 saturated heterocycles. The van der Waals surface area contributed by atoms with Crippen molar-refractivity contribution in [3.05, 3.63) is 18.1 Å². The van der Waals surface area contributed by atoms with E-state index in [-0.39, 0.29) is 0 Å². The molecule has 10 nitrogen and oxygen atoms in total. The van der Waals surface area contributed by atoms with E-state index in [2.05, 4.69) is 25.9 Å². The van der Waals surface area contributed by atoms with Crippen LogP contribution in [-0.4, -0.2) is 44.2 Å². The van der Waals surface area contributed by atoms with E-state index in [1.54, 1.807) is 13.1 Å². The Hall–Kier alpha value is -2.26. The number of aliphatic hydroxyl groups is 1. The third-order valence-electron chi connectivity index (χ3n) is 4.79. The number of imidazole rings is 1. The zero-order valence-electron chi connectivity index (χ0n) is 15.8. The minimum atomic E-state index is -4.67. The highest BCUT2D eigenvalue weighted by molar-refractivity contribution is 7.79. The molecule has 0 aromatic carbocycles. The molecule has 0 unspecified atom stereocenters. The van der Waals surface area contributed by atoms with Crippen LogP contribution in [0.5, 0.6) is 0 Å². The third kappa shape index (κ3) is 5.87. The Labute approximate surface area is 163 Å². The van der Waals surface area contributed by atoms with Crippen LogP contribution in [0.4, 0.5) is 5.82 Å². The van der Waals surface area contributed by atoms with Crippen LogP contribution in [0.3, 0.4) is 0 Å². The molecule has 0 amide bonds. The summed E-state index contributed by atoms with van der Waals surface area (Å²) in [5.74, 6) is 2.02. The van der Waals surface area contributed by atoms with Crippen molar-refractivity contribution < 1.29 is 22.6 Å². The zero-order chi connectivity index (χ0) is 20.9. The lowest BCUT2D eigenvalue weighted by atomic mass is 9.84. The van der Waals surface area contributed by atoms with Gasteiger partial charge < -0.3 is 15.0 Å². The van der Waals surface area contributed by atoms with Crippen molar-refractivity contribution >= 4 is 27.3 Å². The summed E-state index contributed by atoms with van der Waals surface area (Å²) in [6.45, 7) is 1.76. The van der Waals surface area contributed by atoms with Crippen LogP contribution in [0.15, 0.2) is 12.3 Å². The summed E-state index contributed by atoms with van der Waals surface area (Å²) < 4.78 is 33.8. The van der Waals surface area contributed by atoms with Crippen molar-refractivity contribution in [2.24, 2.45) is 5.92 Å². The van der Waals surface area contributed by atoms with Crippen LogP contribution in [0.25, 0.3) is 11.0 Å². The highest BCUT2D eigenvalue weighted by Crippen LogP contribution is 2.37. The van der Waals surface area contributed by atoms with Gasteiger partial charge in [0, 0.05) is 25.6 Å². The number of hydrogen-bond acceptors (Lipinski definition) is 7. The van der Waals surface area contributed by atoms with Gasteiger partial charge in [0.2, 0.25) is 0 Å². The number of anilines is 1. The van der Waals surface area contributed by atoms with Gasteiger partial charge in [-0.05, 0) is 38.5 Å². The van der Waals surface area contributed by atoms with Crippen molar-refractivity contribution in [3.8, 4) is 6.07 Å². The quantitative estimate of drug-likeness (QED) is 0.554. The van der Waals surface area contributed by atoms with Crippen LogP contribution in [0, 0.1) is 17.2 Å². The van der Waals surface area contributed by atoms with Crippen LogP contribution in [-0.2, 0) is 10.4 Å². The molecule has 2 aromatic rings. The minimum absolute atomic E-state index is 0.326. The van der Waals surface area contributed by atoms with Gasteiger partial charge in [0.15, 0.2) is 0 Å². The number of pyridine rings is 1. The summed E-state index contributed by atoms with van der Waals surface area (Å²) in [6.07, 6.45) is 5.95. The van der Waals surface area contributed by atoms with Crippen LogP contribution < -0.4 is 5.32 Å². The molecule has 0 aliphatic heterocycles. The van der Waals surface area contributed by atoms with E-state index in [9.17, 15) is 5.11 Å².